The number of benzene rings is 2. The van der Waals surface area contributed by atoms with Crippen LogP contribution in [0.3, 0.4) is 0 Å². The summed E-state index contributed by atoms with van der Waals surface area (Å²) in [5, 5.41) is 8.96. The van der Waals surface area contributed by atoms with Crippen molar-refractivity contribution in [1.82, 2.24) is 15.0 Å². The van der Waals surface area contributed by atoms with E-state index in [2.05, 4.69) is 10.3 Å². The lowest BCUT2D eigenvalue weighted by molar-refractivity contribution is 0.0519. The molecule has 0 unspecified atom stereocenters. The Balaban J connectivity index is 2.02. The lowest BCUT2D eigenvalue weighted by atomic mass is 9.85. The van der Waals surface area contributed by atoms with Crippen molar-refractivity contribution in [3.8, 4) is 5.69 Å². The average molecular weight is 480 g/mol. The Bertz CT molecular complexity index is 1280. The first-order chi connectivity index (χ1) is 16.5. The standard InChI is InChI=1S/C25H29N5O5/c1-7-35-24(33)20-14-29(28-27-20)21-12-16(9-8-15(21)2)23(32)30(34-6)19-11-17(22(26)31)10-18(13-19)25(3,4)5/h8-14H,7H2,1-6H3,(H2,26,31). The molecule has 0 aliphatic carbocycles. The number of ether oxygens (including phenoxy) is 1. The Hall–Kier alpha value is -4.05. The molecule has 2 N–H and O–H groups in total. The van der Waals surface area contributed by atoms with Gasteiger partial charge in [-0.3, -0.25) is 14.4 Å². The Morgan fingerprint density at radius 1 is 1.09 bits per heavy atom. The number of nitrogens with two attached hydrogens (primary N) is 1. The SMILES string of the molecule is CCOC(=O)c1cn(-c2cc(C(=O)N(OC)c3cc(C(N)=O)cc(C(C)(C)C)c3)ccc2C)nn1. The van der Waals surface area contributed by atoms with E-state index in [4.69, 9.17) is 15.3 Å². The van der Waals surface area contributed by atoms with Gasteiger partial charge in [0, 0.05) is 11.1 Å². The number of carbonyl (C=O) groups excluding carboxylic acids is 3. The van der Waals surface area contributed by atoms with Crippen LogP contribution in [0.1, 0.15) is 70.0 Å². The molecular weight excluding hydrogens is 450 g/mol. The van der Waals surface area contributed by atoms with Crippen LogP contribution in [-0.2, 0) is 15.0 Å². The van der Waals surface area contributed by atoms with E-state index in [1.165, 1.54) is 24.1 Å². The summed E-state index contributed by atoms with van der Waals surface area (Å²) in [5.74, 6) is -1.67. The van der Waals surface area contributed by atoms with Gasteiger partial charge in [-0.1, -0.05) is 32.1 Å². The van der Waals surface area contributed by atoms with Gasteiger partial charge in [0.15, 0.2) is 5.69 Å². The Labute approximate surface area is 203 Å². The summed E-state index contributed by atoms with van der Waals surface area (Å²) in [6, 6.07) is 10.0. The number of anilines is 1. The number of hydroxylamine groups is 1. The van der Waals surface area contributed by atoms with Crippen LogP contribution in [0.25, 0.3) is 5.69 Å². The number of aryl methyl sites for hydroxylation is 1. The molecule has 10 nitrogen and oxygen atoms in total. The molecule has 1 heterocycles. The minimum Gasteiger partial charge on any atom is -0.461 e. The fourth-order valence-corrected chi connectivity index (χ4v) is 3.40. The Morgan fingerprint density at radius 2 is 1.80 bits per heavy atom. The second-order valence-corrected chi connectivity index (χ2v) is 8.94. The van der Waals surface area contributed by atoms with Crippen molar-refractivity contribution in [3.05, 3.63) is 70.5 Å². The van der Waals surface area contributed by atoms with Gasteiger partial charge in [0.2, 0.25) is 5.91 Å². The van der Waals surface area contributed by atoms with Crippen molar-refractivity contribution < 1.29 is 24.0 Å². The van der Waals surface area contributed by atoms with Crippen molar-refractivity contribution in [2.45, 2.75) is 40.0 Å². The van der Waals surface area contributed by atoms with Crippen molar-refractivity contribution in [2.24, 2.45) is 5.73 Å². The maximum atomic E-state index is 13.5. The molecule has 0 spiro atoms. The van der Waals surface area contributed by atoms with Gasteiger partial charge in [-0.05, 0) is 60.7 Å². The number of primary amides is 1. The monoisotopic (exact) mass is 479 g/mol. The molecule has 0 bridgehead atoms. The topological polar surface area (TPSA) is 130 Å². The summed E-state index contributed by atoms with van der Waals surface area (Å²) in [6.07, 6.45) is 1.44. The predicted octanol–water partition coefficient (Wildman–Crippen LogP) is 3.36. The van der Waals surface area contributed by atoms with Crippen LogP contribution >= 0.6 is 0 Å². The van der Waals surface area contributed by atoms with Gasteiger partial charge in [0.1, 0.15) is 0 Å². The highest BCUT2D eigenvalue weighted by Gasteiger charge is 2.24. The maximum absolute atomic E-state index is 13.5. The van der Waals surface area contributed by atoms with Crippen LogP contribution in [0.4, 0.5) is 5.69 Å². The third kappa shape index (κ3) is 5.55. The maximum Gasteiger partial charge on any atom is 0.360 e. The van der Waals surface area contributed by atoms with E-state index >= 15 is 0 Å². The van der Waals surface area contributed by atoms with Crippen molar-refractivity contribution in [2.75, 3.05) is 18.8 Å². The molecule has 35 heavy (non-hydrogen) atoms. The zero-order valence-electron chi connectivity index (χ0n) is 20.7. The third-order valence-electron chi connectivity index (χ3n) is 5.35. The molecule has 2 amide bonds. The molecule has 0 aliphatic rings. The van der Waals surface area contributed by atoms with E-state index in [0.717, 1.165) is 16.2 Å². The van der Waals surface area contributed by atoms with Gasteiger partial charge in [-0.15, -0.1) is 5.10 Å². The molecule has 0 saturated heterocycles. The normalized spacial score (nSPS) is 11.3. The molecule has 0 atom stereocenters. The first-order valence-corrected chi connectivity index (χ1v) is 11.0. The number of rotatable bonds is 7. The highest BCUT2D eigenvalue weighted by atomic mass is 16.7. The number of hydrogen-bond acceptors (Lipinski definition) is 7. The van der Waals surface area contributed by atoms with Gasteiger partial charge in [0.25, 0.3) is 5.91 Å². The van der Waals surface area contributed by atoms with Crippen molar-refractivity contribution >= 4 is 23.5 Å². The zero-order chi connectivity index (χ0) is 25.9. The third-order valence-corrected chi connectivity index (χ3v) is 5.35. The Morgan fingerprint density at radius 3 is 2.40 bits per heavy atom. The number of aromatic nitrogens is 3. The molecule has 3 aromatic rings. The number of hydrogen-bond donors (Lipinski definition) is 1. The second-order valence-electron chi connectivity index (χ2n) is 8.94. The molecule has 10 heteroatoms. The fourth-order valence-electron chi connectivity index (χ4n) is 3.40. The first kappa shape index (κ1) is 25.6. The van der Waals surface area contributed by atoms with Crippen LogP contribution < -0.4 is 10.8 Å². The van der Waals surface area contributed by atoms with Crippen LogP contribution in [0.15, 0.2) is 42.6 Å². The lowest BCUT2D eigenvalue weighted by Crippen LogP contribution is -2.31. The van der Waals surface area contributed by atoms with E-state index in [0.29, 0.717) is 16.9 Å². The second kappa shape index (κ2) is 10.1. The van der Waals surface area contributed by atoms with Gasteiger partial charge in [-0.2, -0.15) is 5.06 Å². The molecule has 3 rings (SSSR count). The number of nitrogens with zero attached hydrogens (tertiary/aromatic N) is 4. The number of amides is 2. The molecule has 0 fully saturated rings. The van der Waals surface area contributed by atoms with E-state index in [1.54, 1.807) is 37.3 Å². The van der Waals surface area contributed by atoms with E-state index in [1.807, 2.05) is 27.7 Å². The summed E-state index contributed by atoms with van der Waals surface area (Å²) in [6.45, 7) is 9.73. The van der Waals surface area contributed by atoms with Crippen molar-refractivity contribution in [1.29, 1.82) is 0 Å². The van der Waals surface area contributed by atoms with Crippen LogP contribution in [-0.4, -0.2) is 46.5 Å². The van der Waals surface area contributed by atoms with E-state index < -0.39 is 17.8 Å². The predicted molar refractivity (Wildman–Crippen MR) is 130 cm³/mol. The smallest absolute Gasteiger partial charge is 0.360 e. The zero-order valence-corrected chi connectivity index (χ0v) is 20.7. The first-order valence-electron chi connectivity index (χ1n) is 11.0. The van der Waals surface area contributed by atoms with E-state index in [-0.39, 0.29) is 23.3 Å². The van der Waals surface area contributed by atoms with Crippen LogP contribution in [0.5, 0.6) is 0 Å². The summed E-state index contributed by atoms with van der Waals surface area (Å²) in [7, 11) is 1.36. The number of carbonyl (C=O) groups is 3. The minimum atomic E-state index is -0.609. The number of esters is 1. The highest BCUT2D eigenvalue weighted by Crippen LogP contribution is 2.29. The Kier molecular flexibility index (Phi) is 7.35. The molecule has 2 aromatic carbocycles. The fraction of sp³-hybridized carbons (Fsp3) is 0.320. The van der Waals surface area contributed by atoms with Gasteiger partial charge in [-0.25, -0.2) is 9.48 Å². The molecule has 184 valence electrons. The van der Waals surface area contributed by atoms with Gasteiger partial charge < -0.3 is 10.5 Å². The molecule has 0 radical (unpaired) electrons. The van der Waals surface area contributed by atoms with Crippen LogP contribution in [0.2, 0.25) is 0 Å². The highest BCUT2D eigenvalue weighted by molar-refractivity contribution is 6.06. The minimum absolute atomic E-state index is 0.0551. The summed E-state index contributed by atoms with van der Waals surface area (Å²) < 4.78 is 6.36. The quantitative estimate of drug-likeness (QED) is 0.406. The van der Waals surface area contributed by atoms with Gasteiger partial charge >= 0.3 is 5.97 Å². The summed E-state index contributed by atoms with van der Waals surface area (Å²) in [5.41, 5.74) is 8.38. The van der Waals surface area contributed by atoms with E-state index in [9.17, 15) is 14.4 Å². The van der Waals surface area contributed by atoms with Crippen LogP contribution in [0, 0.1) is 6.92 Å². The molecule has 0 aliphatic heterocycles. The summed E-state index contributed by atoms with van der Waals surface area (Å²) in [4.78, 5) is 42.8. The molecule has 0 saturated carbocycles. The van der Waals surface area contributed by atoms with Crippen molar-refractivity contribution in [3.63, 3.8) is 0 Å². The summed E-state index contributed by atoms with van der Waals surface area (Å²) >= 11 is 0. The molecular formula is C25H29N5O5. The largest absolute Gasteiger partial charge is 0.461 e. The average Bonchev–Trinajstić information content (AvgIpc) is 3.29. The lowest BCUT2D eigenvalue weighted by Gasteiger charge is -2.25. The van der Waals surface area contributed by atoms with Gasteiger partial charge in [0.05, 0.1) is 31.3 Å². The molecule has 1 aromatic heterocycles.